The molecular formula is C23H31ClN6O2. The Morgan fingerprint density at radius 2 is 1.97 bits per heavy atom. The Kier molecular flexibility index (Phi) is 8.60. The largest absolute Gasteiger partial charge is 0.495 e. The topological polar surface area (TPSA) is 84.1 Å². The Bertz CT molecular complexity index is 1030. The minimum atomic E-state index is -0.0919. The van der Waals surface area contributed by atoms with E-state index in [2.05, 4.69) is 27.1 Å². The number of hydrogen-bond acceptors (Lipinski definition) is 4. The number of anilines is 1. The summed E-state index contributed by atoms with van der Waals surface area (Å²) in [5.74, 6) is 0.616. The van der Waals surface area contributed by atoms with Crippen LogP contribution in [0.4, 0.5) is 5.69 Å². The first kappa shape index (κ1) is 25.1. The summed E-state index contributed by atoms with van der Waals surface area (Å²) < 4.78 is 7.31. The number of carbonyl (C=O) groups is 1. The van der Waals surface area contributed by atoms with Crippen LogP contribution in [0.5, 0.6) is 5.75 Å². The molecule has 172 valence electrons. The summed E-state index contributed by atoms with van der Waals surface area (Å²) in [5.41, 5.74) is 2.40. The van der Waals surface area contributed by atoms with Gasteiger partial charge in [0, 0.05) is 41.5 Å². The van der Waals surface area contributed by atoms with Crippen LogP contribution < -0.4 is 10.1 Å². The zero-order valence-corrected chi connectivity index (χ0v) is 20.4. The summed E-state index contributed by atoms with van der Waals surface area (Å²) in [5, 5.41) is 7.94. The van der Waals surface area contributed by atoms with Crippen LogP contribution in [-0.2, 0) is 0 Å². The maximum absolute atomic E-state index is 12.6. The van der Waals surface area contributed by atoms with Gasteiger partial charge in [-0.2, -0.15) is 5.10 Å². The molecule has 1 aromatic heterocycles. The third-order valence-corrected chi connectivity index (χ3v) is 5.07. The number of halogens is 1. The Labute approximate surface area is 194 Å². The number of hydrogen-bond donors (Lipinski definition) is 1. The van der Waals surface area contributed by atoms with Gasteiger partial charge in [-0.15, -0.1) is 0 Å². The molecule has 32 heavy (non-hydrogen) atoms. The molecule has 0 saturated carbocycles. The summed E-state index contributed by atoms with van der Waals surface area (Å²) >= 11 is 6.32. The molecule has 0 spiro atoms. The van der Waals surface area contributed by atoms with Crippen LogP contribution in [0.15, 0.2) is 45.6 Å². The highest BCUT2D eigenvalue weighted by Crippen LogP contribution is 2.28. The van der Waals surface area contributed by atoms with Crippen molar-refractivity contribution in [3.05, 3.63) is 46.8 Å². The molecule has 0 aliphatic carbocycles. The summed E-state index contributed by atoms with van der Waals surface area (Å²) in [4.78, 5) is 22.9. The summed E-state index contributed by atoms with van der Waals surface area (Å²) in [7, 11) is 3.30. The molecule has 8 nitrogen and oxygen atoms in total. The number of benzene rings is 1. The van der Waals surface area contributed by atoms with E-state index >= 15 is 0 Å². The van der Waals surface area contributed by atoms with Crippen molar-refractivity contribution in [2.45, 2.75) is 46.7 Å². The van der Waals surface area contributed by atoms with E-state index in [-0.39, 0.29) is 24.0 Å². The molecule has 1 aromatic carbocycles. The Hall–Kier alpha value is -3.13. The number of allylic oxidation sites excluding steroid dienone is 1. The second kappa shape index (κ2) is 10.9. The normalized spacial score (nSPS) is 12.6. The number of nitrogens with one attached hydrogen (secondary N) is 1. The lowest BCUT2D eigenvalue weighted by Crippen LogP contribution is -2.32. The van der Waals surface area contributed by atoms with E-state index in [1.54, 1.807) is 43.3 Å². The third-order valence-electron chi connectivity index (χ3n) is 4.89. The molecule has 0 unspecified atom stereocenters. The van der Waals surface area contributed by atoms with Crippen molar-refractivity contribution in [1.29, 1.82) is 0 Å². The number of ether oxygens (including phenoxy) is 1. The van der Waals surface area contributed by atoms with Gasteiger partial charge in [-0.1, -0.05) is 11.6 Å². The van der Waals surface area contributed by atoms with E-state index in [9.17, 15) is 4.79 Å². The lowest BCUT2D eigenvalue weighted by atomic mass is 10.1. The highest BCUT2D eigenvalue weighted by molar-refractivity contribution is 6.32. The van der Waals surface area contributed by atoms with E-state index in [4.69, 9.17) is 16.3 Å². The van der Waals surface area contributed by atoms with E-state index in [1.807, 2.05) is 38.6 Å². The molecule has 0 atom stereocenters. The lowest BCUT2D eigenvalue weighted by Gasteiger charge is -2.22. The second-order valence-corrected chi connectivity index (χ2v) is 8.40. The van der Waals surface area contributed by atoms with E-state index < -0.39 is 0 Å². The first-order valence-electron chi connectivity index (χ1n) is 10.3. The van der Waals surface area contributed by atoms with Crippen molar-refractivity contribution < 1.29 is 9.53 Å². The van der Waals surface area contributed by atoms with Crippen LogP contribution in [0.25, 0.3) is 5.70 Å². The fraction of sp³-hybridized carbons (Fsp3) is 0.391. The number of nitrogens with zero attached hydrogens (tertiary/aromatic N) is 5. The van der Waals surface area contributed by atoms with Gasteiger partial charge in [-0.05, 0) is 59.5 Å². The summed E-state index contributed by atoms with van der Waals surface area (Å²) in [6.45, 7) is 13.3. The predicted molar refractivity (Wildman–Crippen MR) is 132 cm³/mol. The average Bonchev–Trinajstić information content (AvgIpc) is 3.25. The first-order valence-corrected chi connectivity index (χ1v) is 10.6. The van der Waals surface area contributed by atoms with Gasteiger partial charge in [0.15, 0.2) is 0 Å². The number of rotatable bonds is 7. The van der Waals surface area contributed by atoms with Gasteiger partial charge in [0.25, 0.3) is 5.91 Å². The van der Waals surface area contributed by atoms with Crippen molar-refractivity contribution in [2.75, 3.05) is 19.5 Å². The first-order chi connectivity index (χ1) is 15.1. The van der Waals surface area contributed by atoms with Gasteiger partial charge >= 0.3 is 0 Å². The number of amides is 1. The SMILES string of the molecule is C=N/C(=N\C(=C(/C)Cl)c1cnn(C(C)C)c1)Nc1ccc(C(=O)N(C)C(C)C)cc1OC. The van der Waals surface area contributed by atoms with Crippen LogP contribution in [0.3, 0.4) is 0 Å². The maximum atomic E-state index is 12.6. The molecule has 1 amide bonds. The van der Waals surface area contributed by atoms with Crippen LogP contribution in [-0.4, -0.2) is 53.5 Å². The fourth-order valence-corrected chi connectivity index (χ4v) is 2.93. The van der Waals surface area contributed by atoms with Gasteiger partial charge in [0.1, 0.15) is 5.75 Å². The number of carbonyl (C=O) groups excluding carboxylic acids is 1. The predicted octanol–water partition coefficient (Wildman–Crippen LogP) is 5.05. The number of methoxy groups -OCH3 is 1. The molecule has 2 rings (SSSR count). The van der Waals surface area contributed by atoms with Gasteiger partial charge in [0.2, 0.25) is 5.96 Å². The van der Waals surface area contributed by atoms with E-state index in [0.717, 1.165) is 5.56 Å². The van der Waals surface area contributed by atoms with E-state index in [0.29, 0.717) is 27.7 Å². The third kappa shape index (κ3) is 5.97. The van der Waals surface area contributed by atoms with Crippen molar-refractivity contribution >= 4 is 41.6 Å². The zero-order chi connectivity index (χ0) is 24.0. The molecule has 1 N–H and O–H groups in total. The summed E-state index contributed by atoms with van der Waals surface area (Å²) in [6.07, 6.45) is 3.58. The molecule has 0 aliphatic rings. The van der Waals surface area contributed by atoms with Crippen LogP contribution >= 0.6 is 11.6 Å². The zero-order valence-electron chi connectivity index (χ0n) is 19.7. The van der Waals surface area contributed by atoms with Gasteiger partial charge < -0.3 is 15.0 Å². The van der Waals surface area contributed by atoms with Crippen molar-refractivity contribution in [2.24, 2.45) is 9.98 Å². The monoisotopic (exact) mass is 458 g/mol. The molecule has 0 saturated heterocycles. The molecule has 1 heterocycles. The Balaban J connectivity index is 2.37. The van der Waals surface area contributed by atoms with Crippen LogP contribution in [0.1, 0.15) is 56.6 Å². The lowest BCUT2D eigenvalue weighted by molar-refractivity contribution is 0.0754. The number of guanidine groups is 1. The molecule has 9 heteroatoms. The minimum Gasteiger partial charge on any atom is -0.495 e. The van der Waals surface area contributed by atoms with Gasteiger partial charge in [-0.25, -0.2) is 9.98 Å². The van der Waals surface area contributed by atoms with Crippen LogP contribution in [0.2, 0.25) is 0 Å². The van der Waals surface area contributed by atoms with E-state index in [1.165, 1.54) is 7.11 Å². The molecule has 0 radical (unpaired) electrons. The summed E-state index contributed by atoms with van der Waals surface area (Å²) in [6, 6.07) is 5.44. The second-order valence-electron chi connectivity index (χ2n) is 7.83. The minimum absolute atomic E-state index is 0.0825. The fourth-order valence-electron chi connectivity index (χ4n) is 2.78. The van der Waals surface area contributed by atoms with Gasteiger partial charge in [-0.3, -0.25) is 9.48 Å². The molecule has 2 aromatic rings. The van der Waals surface area contributed by atoms with Crippen molar-refractivity contribution in [3.63, 3.8) is 0 Å². The maximum Gasteiger partial charge on any atom is 0.253 e. The molecular weight excluding hydrogens is 428 g/mol. The highest BCUT2D eigenvalue weighted by Gasteiger charge is 2.17. The Morgan fingerprint density at radius 3 is 2.47 bits per heavy atom. The van der Waals surface area contributed by atoms with Crippen molar-refractivity contribution in [1.82, 2.24) is 14.7 Å². The molecule has 0 bridgehead atoms. The average molecular weight is 459 g/mol. The number of aliphatic imine (C=N–C) groups is 2. The Morgan fingerprint density at radius 1 is 1.28 bits per heavy atom. The quantitative estimate of drug-likeness (QED) is 0.464. The van der Waals surface area contributed by atoms with Crippen molar-refractivity contribution in [3.8, 4) is 5.75 Å². The molecule has 0 aliphatic heterocycles. The van der Waals surface area contributed by atoms with Gasteiger partial charge in [0.05, 0.1) is 24.7 Å². The van der Waals surface area contributed by atoms with Crippen LogP contribution in [0, 0.1) is 0 Å². The molecule has 0 fully saturated rings. The highest BCUT2D eigenvalue weighted by atomic mass is 35.5. The number of aromatic nitrogens is 2. The smallest absolute Gasteiger partial charge is 0.253 e. The standard InChI is InChI=1S/C23H31ClN6O2/c1-14(2)29(7)22(31)17-9-10-19(20(11-17)32-8)27-23(25-6)28-21(16(5)24)18-12-26-30(13-18)15(3)4/h9-15H,6H2,1-5,7-8H3,(H,27,28)/b21-16+.